The quantitative estimate of drug-likeness (QED) is 0.315. The Hall–Kier alpha value is -2.30. The minimum Gasteiger partial charge on any atom is -0.467 e. The van der Waals surface area contributed by atoms with Gasteiger partial charge in [0.15, 0.2) is 0 Å². The maximum Gasteiger partial charge on any atom is 0.328 e. The van der Waals surface area contributed by atoms with Gasteiger partial charge in [0, 0.05) is 35.8 Å². The number of methoxy groups -OCH3 is 1. The molecule has 0 spiro atoms. The molecule has 30 heavy (non-hydrogen) atoms. The number of thiol groups is 1. The maximum absolute atomic E-state index is 12.8. The van der Waals surface area contributed by atoms with E-state index in [1.807, 2.05) is 24.3 Å². The van der Waals surface area contributed by atoms with E-state index in [0.29, 0.717) is 23.2 Å². The van der Waals surface area contributed by atoms with Crippen LogP contribution in [0.3, 0.4) is 0 Å². The highest BCUT2D eigenvalue weighted by molar-refractivity contribution is 7.90. The second-order valence-corrected chi connectivity index (χ2v) is 9.66. The van der Waals surface area contributed by atoms with E-state index >= 15 is 0 Å². The third-order valence-electron chi connectivity index (χ3n) is 4.50. The Balaban J connectivity index is 2.22. The molecule has 0 saturated heterocycles. The molecule has 0 unspecified atom stereocenters. The summed E-state index contributed by atoms with van der Waals surface area (Å²) in [6.07, 6.45) is 1.00. The molecule has 0 heterocycles. The molecule has 4 N–H and O–H groups in total. The molecule has 10 heteroatoms. The van der Waals surface area contributed by atoms with Crippen molar-refractivity contribution in [3.8, 4) is 0 Å². The zero-order valence-electron chi connectivity index (χ0n) is 16.9. The van der Waals surface area contributed by atoms with Crippen LogP contribution in [0.2, 0.25) is 0 Å². The van der Waals surface area contributed by atoms with E-state index < -0.39 is 27.8 Å². The SMILES string of the molecule is COC(=O)[C@H](CCS(C)(=O)=O)NC(=O)c1cccc2cc(NC[C@@H](N)CS)ccc12. The second-order valence-electron chi connectivity index (χ2n) is 7.03. The van der Waals surface area contributed by atoms with Gasteiger partial charge in [0.2, 0.25) is 0 Å². The van der Waals surface area contributed by atoms with Gasteiger partial charge in [-0.15, -0.1) is 0 Å². The highest BCUT2D eigenvalue weighted by atomic mass is 32.2. The van der Waals surface area contributed by atoms with Gasteiger partial charge in [-0.2, -0.15) is 12.6 Å². The number of fused-ring (bicyclic) bond motifs is 1. The number of ether oxygens (including phenoxy) is 1. The van der Waals surface area contributed by atoms with Crippen LogP contribution in [-0.4, -0.2) is 63.8 Å². The van der Waals surface area contributed by atoms with E-state index in [0.717, 1.165) is 17.3 Å². The van der Waals surface area contributed by atoms with Crippen molar-refractivity contribution in [1.82, 2.24) is 5.32 Å². The third-order valence-corrected chi connectivity index (χ3v) is 5.94. The van der Waals surface area contributed by atoms with Crippen molar-refractivity contribution < 1.29 is 22.7 Å². The van der Waals surface area contributed by atoms with Gasteiger partial charge < -0.3 is 21.1 Å². The van der Waals surface area contributed by atoms with E-state index in [4.69, 9.17) is 10.5 Å². The molecule has 2 atom stereocenters. The zero-order valence-corrected chi connectivity index (χ0v) is 18.6. The van der Waals surface area contributed by atoms with Gasteiger partial charge in [0.25, 0.3) is 5.91 Å². The molecule has 0 saturated carbocycles. The summed E-state index contributed by atoms with van der Waals surface area (Å²) >= 11 is 4.16. The lowest BCUT2D eigenvalue weighted by Gasteiger charge is -2.17. The molecule has 0 aliphatic carbocycles. The lowest BCUT2D eigenvalue weighted by Crippen LogP contribution is -2.42. The summed E-state index contributed by atoms with van der Waals surface area (Å²) < 4.78 is 27.6. The van der Waals surface area contributed by atoms with Crippen molar-refractivity contribution >= 4 is 50.8 Å². The van der Waals surface area contributed by atoms with Crippen molar-refractivity contribution in [3.05, 3.63) is 42.0 Å². The molecule has 0 aromatic heterocycles. The average molecular weight is 454 g/mol. The molecule has 0 aliphatic rings. The highest BCUT2D eigenvalue weighted by Gasteiger charge is 2.24. The Morgan fingerprint density at radius 3 is 2.60 bits per heavy atom. The molecule has 2 rings (SSSR count). The minimum atomic E-state index is -3.29. The van der Waals surface area contributed by atoms with Gasteiger partial charge in [-0.25, -0.2) is 13.2 Å². The van der Waals surface area contributed by atoms with Crippen LogP contribution in [-0.2, 0) is 19.4 Å². The Labute approximate surface area is 181 Å². The van der Waals surface area contributed by atoms with Crippen molar-refractivity contribution in [1.29, 1.82) is 0 Å². The molecule has 2 aromatic rings. The van der Waals surface area contributed by atoms with Gasteiger partial charge in [-0.1, -0.05) is 18.2 Å². The van der Waals surface area contributed by atoms with E-state index in [1.54, 1.807) is 12.1 Å². The molecule has 2 aromatic carbocycles. The predicted octanol–water partition coefficient (Wildman–Crippen LogP) is 1.21. The Kier molecular flexibility index (Phi) is 8.51. The van der Waals surface area contributed by atoms with Crippen LogP contribution < -0.4 is 16.4 Å². The summed E-state index contributed by atoms with van der Waals surface area (Å²) in [7, 11) is -2.11. The summed E-state index contributed by atoms with van der Waals surface area (Å²) in [5.41, 5.74) is 7.10. The number of esters is 1. The van der Waals surface area contributed by atoms with Gasteiger partial charge in [0.05, 0.1) is 12.9 Å². The van der Waals surface area contributed by atoms with Crippen molar-refractivity contribution in [2.75, 3.05) is 36.7 Å². The third kappa shape index (κ3) is 6.89. The topological polar surface area (TPSA) is 128 Å². The molecular formula is C20H27N3O5S2. The lowest BCUT2D eigenvalue weighted by atomic mass is 10.0. The van der Waals surface area contributed by atoms with Crippen molar-refractivity contribution in [2.24, 2.45) is 5.73 Å². The number of anilines is 1. The van der Waals surface area contributed by atoms with E-state index in [9.17, 15) is 18.0 Å². The zero-order chi connectivity index (χ0) is 22.3. The number of nitrogens with one attached hydrogen (secondary N) is 2. The van der Waals surface area contributed by atoms with Crippen molar-refractivity contribution in [2.45, 2.75) is 18.5 Å². The highest BCUT2D eigenvalue weighted by Crippen LogP contribution is 2.23. The predicted molar refractivity (Wildman–Crippen MR) is 122 cm³/mol. The minimum absolute atomic E-state index is 0.0680. The van der Waals surface area contributed by atoms with Crippen LogP contribution in [0.1, 0.15) is 16.8 Å². The number of rotatable bonds is 10. The van der Waals surface area contributed by atoms with Gasteiger partial charge in [-0.05, 0) is 35.4 Å². The Morgan fingerprint density at radius 2 is 1.97 bits per heavy atom. The average Bonchev–Trinajstić information content (AvgIpc) is 2.72. The smallest absolute Gasteiger partial charge is 0.328 e. The fourth-order valence-electron chi connectivity index (χ4n) is 2.86. The first kappa shape index (κ1) is 24.0. The number of carbonyl (C=O) groups is 2. The summed E-state index contributed by atoms with van der Waals surface area (Å²) in [6, 6.07) is 9.67. The summed E-state index contributed by atoms with van der Waals surface area (Å²) in [5.74, 6) is -0.862. The normalized spacial score (nSPS) is 13.5. The molecule has 0 radical (unpaired) electrons. The maximum atomic E-state index is 12.8. The van der Waals surface area contributed by atoms with Crippen LogP contribution in [0.15, 0.2) is 36.4 Å². The van der Waals surface area contributed by atoms with E-state index in [2.05, 4.69) is 23.3 Å². The summed E-state index contributed by atoms with van der Waals surface area (Å²) in [5, 5.41) is 7.35. The monoisotopic (exact) mass is 453 g/mol. The fraction of sp³-hybridized carbons (Fsp3) is 0.400. The summed E-state index contributed by atoms with van der Waals surface area (Å²) in [6.45, 7) is 0.566. The van der Waals surface area contributed by atoms with Gasteiger partial charge >= 0.3 is 5.97 Å². The van der Waals surface area contributed by atoms with Crippen LogP contribution in [0.5, 0.6) is 0 Å². The first-order valence-electron chi connectivity index (χ1n) is 9.34. The molecule has 8 nitrogen and oxygen atoms in total. The number of amides is 1. The standard InChI is InChI=1S/C20H27N3O5S2/c1-28-20(25)18(8-9-30(2,26)27)23-19(24)17-5-3-4-13-10-15(6-7-16(13)17)22-11-14(21)12-29/h3-7,10,14,18,22,29H,8-9,11-12,21H2,1-2H3,(H,23,24)/t14-,18+/m1/s1. The molecule has 0 aliphatic heterocycles. The number of benzene rings is 2. The van der Waals surface area contributed by atoms with Crippen LogP contribution in [0, 0.1) is 0 Å². The Morgan fingerprint density at radius 1 is 1.23 bits per heavy atom. The first-order chi connectivity index (χ1) is 14.1. The Bertz CT molecular complexity index is 1010. The summed E-state index contributed by atoms with van der Waals surface area (Å²) in [4.78, 5) is 24.8. The van der Waals surface area contributed by atoms with Gasteiger partial charge in [-0.3, -0.25) is 4.79 Å². The number of sulfone groups is 1. The van der Waals surface area contributed by atoms with Crippen LogP contribution in [0.25, 0.3) is 10.8 Å². The molecular weight excluding hydrogens is 426 g/mol. The molecule has 0 fully saturated rings. The largest absolute Gasteiger partial charge is 0.467 e. The molecule has 0 bridgehead atoms. The molecule has 164 valence electrons. The van der Waals surface area contributed by atoms with Crippen molar-refractivity contribution in [3.63, 3.8) is 0 Å². The van der Waals surface area contributed by atoms with E-state index in [1.165, 1.54) is 7.11 Å². The van der Waals surface area contributed by atoms with Crippen LogP contribution in [0.4, 0.5) is 5.69 Å². The molecule has 1 amide bonds. The lowest BCUT2D eigenvalue weighted by molar-refractivity contribution is -0.142. The first-order valence-corrected chi connectivity index (χ1v) is 12.0. The van der Waals surface area contributed by atoms with Gasteiger partial charge in [0.1, 0.15) is 15.9 Å². The number of nitrogens with two attached hydrogens (primary N) is 1. The second kappa shape index (κ2) is 10.6. The number of hydrogen-bond acceptors (Lipinski definition) is 8. The van der Waals surface area contributed by atoms with Crippen LogP contribution >= 0.6 is 12.6 Å². The number of carbonyl (C=O) groups excluding carboxylic acids is 2. The fourth-order valence-corrected chi connectivity index (χ4v) is 3.66. The van der Waals surface area contributed by atoms with E-state index in [-0.39, 0.29) is 18.2 Å². The number of hydrogen-bond donors (Lipinski definition) is 4.